The zero-order valence-electron chi connectivity index (χ0n) is 13.6. The highest BCUT2D eigenvalue weighted by Gasteiger charge is 2.08. The number of aryl methyl sites for hydroxylation is 2. The zero-order valence-corrected chi connectivity index (χ0v) is 15.2. The van der Waals surface area contributed by atoms with E-state index in [1.165, 1.54) is 0 Å². The maximum absolute atomic E-state index is 10.8. The van der Waals surface area contributed by atoms with Crippen molar-refractivity contribution in [3.8, 4) is 5.75 Å². The van der Waals surface area contributed by atoms with Crippen LogP contribution in [0.4, 0.5) is 0 Å². The smallest absolute Gasteiger partial charge is 0.335 e. The van der Waals surface area contributed by atoms with Crippen molar-refractivity contribution in [1.29, 1.82) is 0 Å². The molecule has 1 unspecified atom stereocenters. The van der Waals surface area contributed by atoms with Gasteiger partial charge in [-0.05, 0) is 67.1 Å². The minimum Gasteiger partial charge on any atom is -0.493 e. The van der Waals surface area contributed by atoms with E-state index in [1.54, 1.807) is 12.1 Å². The second kappa shape index (κ2) is 7.64. The third-order valence-corrected chi connectivity index (χ3v) is 4.98. The summed E-state index contributed by atoms with van der Waals surface area (Å²) in [6.07, 6.45) is 0.856. The average Bonchev–Trinajstić information content (AvgIpc) is 2.51. The molecule has 0 aromatic heterocycles. The lowest BCUT2D eigenvalue weighted by Gasteiger charge is -2.15. The van der Waals surface area contributed by atoms with Crippen molar-refractivity contribution < 1.29 is 14.6 Å². The summed E-state index contributed by atoms with van der Waals surface area (Å²) >= 11 is 3.56. The summed E-state index contributed by atoms with van der Waals surface area (Å²) in [5.74, 6) is 0.333. The summed E-state index contributed by atoms with van der Waals surface area (Å²) in [6, 6.07) is 11.1. The second-order valence-electron chi connectivity index (χ2n) is 5.99. The van der Waals surface area contributed by atoms with Crippen LogP contribution in [-0.4, -0.2) is 17.7 Å². The van der Waals surface area contributed by atoms with E-state index in [4.69, 9.17) is 9.84 Å². The van der Waals surface area contributed by atoms with Crippen LogP contribution in [0.2, 0.25) is 0 Å². The summed E-state index contributed by atoms with van der Waals surface area (Å²) in [5, 5.41) is 8.91. The maximum atomic E-state index is 10.8. The first-order valence-electron chi connectivity index (χ1n) is 7.58. The molecule has 3 nitrogen and oxygen atoms in total. The summed E-state index contributed by atoms with van der Waals surface area (Å²) < 4.78 is 7.03. The normalized spacial score (nSPS) is 12.0. The van der Waals surface area contributed by atoms with E-state index in [-0.39, 0.29) is 0 Å². The summed E-state index contributed by atoms with van der Waals surface area (Å²) in [4.78, 5) is 10.8. The molecule has 0 aliphatic heterocycles. The van der Waals surface area contributed by atoms with Crippen molar-refractivity contribution >= 4 is 21.9 Å². The average molecular weight is 377 g/mol. The van der Waals surface area contributed by atoms with E-state index in [0.717, 1.165) is 33.3 Å². The quantitative estimate of drug-likeness (QED) is 0.769. The van der Waals surface area contributed by atoms with Gasteiger partial charge in [0.05, 0.1) is 12.2 Å². The minimum atomic E-state index is -0.895. The van der Waals surface area contributed by atoms with Gasteiger partial charge >= 0.3 is 5.97 Å². The number of carboxylic acid groups (broad SMARTS) is 1. The van der Waals surface area contributed by atoms with Crippen LogP contribution in [-0.2, 0) is 6.42 Å². The summed E-state index contributed by atoms with van der Waals surface area (Å²) in [6.45, 7) is 6.86. The van der Waals surface area contributed by atoms with Crippen molar-refractivity contribution in [3.63, 3.8) is 0 Å². The molecule has 0 aliphatic carbocycles. The Kier molecular flexibility index (Phi) is 5.83. The first-order valence-corrected chi connectivity index (χ1v) is 8.38. The highest BCUT2D eigenvalue weighted by Crippen LogP contribution is 2.26. The lowest BCUT2D eigenvalue weighted by molar-refractivity contribution is 0.0697. The van der Waals surface area contributed by atoms with E-state index < -0.39 is 5.97 Å². The van der Waals surface area contributed by atoms with E-state index in [1.807, 2.05) is 24.3 Å². The van der Waals surface area contributed by atoms with Gasteiger partial charge in [-0.25, -0.2) is 4.79 Å². The van der Waals surface area contributed by atoms with Crippen molar-refractivity contribution in [2.45, 2.75) is 27.2 Å². The number of aromatic carboxylic acids is 1. The molecule has 1 N–H and O–H groups in total. The molecule has 0 fully saturated rings. The van der Waals surface area contributed by atoms with Crippen LogP contribution in [0.15, 0.2) is 40.9 Å². The van der Waals surface area contributed by atoms with Crippen molar-refractivity contribution in [2.75, 3.05) is 6.61 Å². The van der Waals surface area contributed by atoms with Gasteiger partial charge in [0.2, 0.25) is 0 Å². The van der Waals surface area contributed by atoms with Crippen LogP contribution in [0, 0.1) is 19.8 Å². The standard InChI is InChI=1S/C19H21BrO3/c1-12(8-15-4-6-16(7-5-15)19(21)22)11-23-17-9-13(2)18(20)14(3)10-17/h4-7,9-10,12H,8,11H2,1-3H3,(H,21,22). The number of halogens is 1. The molecule has 1 atom stereocenters. The number of carboxylic acids is 1. The molecule has 2 rings (SSSR count). The van der Waals surface area contributed by atoms with Crippen molar-refractivity contribution in [1.82, 2.24) is 0 Å². The Bertz CT molecular complexity index is 669. The Balaban J connectivity index is 1.92. The molecule has 0 spiro atoms. The predicted molar refractivity (Wildman–Crippen MR) is 95.4 cm³/mol. The molecule has 2 aromatic carbocycles. The molecule has 2 aromatic rings. The fraction of sp³-hybridized carbons (Fsp3) is 0.316. The second-order valence-corrected chi connectivity index (χ2v) is 6.79. The SMILES string of the molecule is Cc1cc(OCC(C)Cc2ccc(C(=O)O)cc2)cc(C)c1Br. The number of ether oxygens (including phenoxy) is 1. The summed E-state index contributed by atoms with van der Waals surface area (Å²) in [7, 11) is 0. The molecular formula is C19H21BrO3. The largest absolute Gasteiger partial charge is 0.493 e. The topological polar surface area (TPSA) is 46.5 Å². The Labute approximate surface area is 145 Å². The molecule has 122 valence electrons. The van der Waals surface area contributed by atoms with Gasteiger partial charge in [0, 0.05) is 4.47 Å². The van der Waals surface area contributed by atoms with E-state index in [9.17, 15) is 4.79 Å². The number of rotatable bonds is 6. The summed E-state index contributed by atoms with van der Waals surface area (Å²) in [5.41, 5.74) is 3.77. The Morgan fingerprint density at radius 1 is 1.17 bits per heavy atom. The monoisotopic (exact) mass is 376 g/mol. The molecule has 23 heavy (non-hydrogen) atoms. The van der Waals surface area contributed by atoms with Crippen molar-refractivity contribution in [2.24, 2.45) is 5.92 Å². The highest BCUT2D eigenvalue weighted by molar-refractivity contribution is 9.10. The fourth-order valence-corrected chi connectivity index (χ4v) is 2.70. The van der Waals surface area contributed by atoms with Crippen molar-refractivity contribution in [3.05, 3.63) is 63.1 Å². The molecular weight excluding hydrogens is 356 g/mol. The number of hydrogen-bond acceptors (Lipinski definition) is 2. The van der Waals surface area contributed by atoms with Gasteiger partial charge in [-0.2, -0.15) is 0 Å². The Morgan fingerprint density at radius 3 is 2.26 bits per heavy atom. The van der Waals surface area contributed by atoms with Crippen LogP contribution in [0.3, 0.4) is 0 Å². The first kappa shape index (κ1) is 17.5. The Hall–Kier alpha value is -1.81. The van der Waals surface area contributed by atoms with E-state index >= 15 is 0 Å². The molecule has 4 heteroatoms. The van der Waals surface area contributed by atoms with Crippen LogP contribution in [0.5, 0.6) is 5.75 Å². The molecule has 0 aliphatic rings. The molecule has 0 saturated carbocycles. The van der Waals surface area contributed by atoms with Crippen LogP contribution in [0.1, 0.15) is 34.0 Å². The van der Waals surface area contributed by atoms with Crippen LogP contribution in [0.25, 0.3) is 0 Å². The maximum Gasteiger partial charge on any atom is 0.335 e. The van der Waals surface area contributed by atoms with Gasteiger partial charge in [-0.1, -0.05) is 35.0 Å². The van der Waals surface area contributed by atoms with Crippen LogP contribution >= 0.6 is 15.9 Å². The zero-order chi connectivity index (χ0) is 17.0. The van der Waals surface area contributed by atoms with E-state index in [2.05, 4.69) is 36.7 Å². The Morgan fingerprint density at radius 2 is 1.74 bits per heavy atom. The highest BCUT2D eigenvalue weighted by atomic mass is 79.9. The molecule has 0 heterocycles. The third kappa shape index (κ3) is 4.83. The van der Waals surface area contributed by atoms with Gasteiger partial charge in [-0.3, -0.25) is 0 Å². The van der Waals surface area contributed by atoms with Gasteiger partial charge in [-0.15, -0.1) is 0 Å². The molecule has 0 bridgehead atoms. The third-order valence-electron chi connectivity index (χ3n) is 3.73. The van der Waals surface area contributed by atoms with Gasteiger partial charge in [0.25, 0.3) is 0 Å². The lowest BCUT2D eigenvalue weighted by atomic mass is 10.0. The van der Waals surface area contributed by atoms with Gasteiger partial charge in [0.15, 0.2) is 0 Å². The fourth-order valence-electron chi connectivity index (χ4n) is 2.47. The molecule has 0 saturated heterocycles. The minimum absolute atomic E-state index is 0.318. The van der Waals surface area contributed by atoms with Crippen LogP contribution < -0.4 is 4.74 Å². The van der Waals surface area contributed by atoms with Gasteiger partial charge < -0.3 is 9.84 Å². The van der Waals surface area contributed by atoms with Gasteiger partial charge in [0.1, 0.15) is 5.75 Å². The molecule has 0 amide bonds. The number of hydrogen-bond donors (Lipinski definition) is 1. The molecule has 0 radical (unpaired) electrons. The number of carbonyl (C=O) groups is 1. The predicted octanol–water partition coefficient (Wildman–Crippen LogP) is 5.02. The first-order chi connectivity index (χ1) is 10.9. The number of benzene rings is 2. The van der Waals surface area contributed by atoms with E-state index in [0.29, 0.717) is 18.1 Å². The lowest BCUT2D eigenvalue weighted by Crippen LogP contribution is -2.11.